The van der Waals surface area contributed by atoms with Gasteiger partial charge in [-0.2, -0.15) is 0 Å². The number of furan rings is 1. The number of benzene rings is 3. The number of hydrogen-bond donors (Lipinski definition) is 2. The first-order valence-corrected chi connectivity index (χ1v) is 10.5. The van der Waals surface area contributed by atoms with Gasteiger partial charge in [-0.1, -0.05) is 49.4 Å². The highest BCUT2D eigenvalue weighted by Crippen LogP contribution is 2.23. The molecule has 1 heterocycles. The van der Waals surface area contributed by atoms with E-state index in [1.54, 1.807) is 42.7 Å². The second-order valence-corrected chi connectivity index (χ2v) is 7.32. The highest BCUT2D eigenvalue weighted by Gasteiger charge is 2.21. The lowest BCUT2D eigenvalue weighted by molar-refractivity contribution is -0.122. The van der Waals surface area contributed by atoms with Gasteiger partial charge in [-0.3, -0.25) is 9.59 Å². The van der Waals surface area contributed by atoms with Crippen LogP contribution < -0.4 is 15.4 Å². The summed E-state index contributed by atoms with van der Waals surface area (Å²) in [5.41, 5.74) is 0.794. The maximum Gasteiger partial charge on any atom is 0.265 e. The van der Waals surface area contributed by atoms with Crippen molar-refractivity contribution in [1.82, 2.24) is 5.32 Å². The number of rotatable bonds is 8. The second kappa shape index (κ2) is 9.83. The minimum Gasteiger partial charge on any atom is -0.481 e. The van der Waals surface area contributed by atoms with Gasteiger partial charge in [-0.25, -0.2) is 0 Å². The molecule has 0 aliphatic heterocycles. The van der Waals surface area contributed by atoms with Crippen molar-refractivity contribution in [3.05, 3.63) is 96.4 Å². The van der Waals surface area contributed by atoms with E-state index in [2.05, 4.69) is 10.6 Å². The fourth-order valence-electron chi connectivity index (χ4n) is 3.41. The average molecular weight is 428 g/mol. The van der Waals surface area contributed by atoms with Gasteiger partial charge >= 0.3 is 0 Å². The number of para-hydroxylation sites is 1. The van der Waals surface area contributed by atoms with Crippen molar-refractivity contribution in [2.45, 2.75) is 26.0 Å². The van der Waals surface area contributed by atoms with Crippen LogP contribution in [0.15, 0.2) is 89.5 Å². The van der Waals surface area contributed by atoms with Gasteiger partial charge in [-0.15, -0.1) is 0 Å². The zero-order valence-electron chi connectivity index (χ0n) is 17.7. The summed E-state index contributed by atoms with van der Waals surface area (Å²) < 4.78 is 11.2. The molecule has 0 saturated heterocycles. The van der Waals surface area contributed by atoms with Crippen molar-refractivity contribution in [1.29, 1.82) is 0 Å². The molecule has 32 heavy (non-hydrogen) atoms. The van der Waals surface area contributed by atoms with E-state index in [1.165, 1.54) is 0 Å². The van der Waals surface area contributed by atoms with Gasteiger partial charge in [0.1, 0.15) is 11.5 Å². The van der Waals surface area contributed by atoms with Crippen molar-refractivity contribution in [3.8, 4) is 5.75 Å². The second-order valence-electron chi connectivity index (χ2n) is 7.32. The Kier molecular flexibility index (Phi) is 6.51. The first-order chi connectivity index (χ1) is 15.6. The number of carbonyl (C=O) groups is 2. The first-order valence-electron chi connectivity index (χ1n) is 10.5. The van der Waals surface area contributed by atoms with Crippen molar-refractivity contribution < 1.29 is 18.7 Å². The Hall–Kier alpha value is -4.06. The molecule has 1 aromatic heterocycles. The fourth-order valence-corrected chi connectivity index (χ4v) is 3.41. The maximum atomic E-state index is 12.9. The van der Waals surface area contributed by atoms with Crippen LogP contribution in [0.5, 0.6) is 5.75 Å². The largest absolute Gasteiger partial charge is 0.481 e. The molecule has 162 valence electrons. The smallest absolute Gasteiger partial charge is 0.265 e. The normalized spacial score (nSPS) is 11.7. The van der Waals surface area contributed by atoms with Crippen LogP contribution in [0.3, 0.4) is 0 Å². The van der Waals surface area contributed by atoms with Gasteiger partial charge in [0.25, 0.3) is 11.8 Å². The Morgan fingerprint density at radius 2 is 1.72 bits per heavy atom. The summed E-state index contributed by atoms with van der Waals surface area (Å²) in [6.07, 6.45) is 1.33. The number of amides is 2. The monoisotopic (exact) mass is 428 g/mol. The molecule has 6 heteroatoms. The predicted octanol–water partition coefficient (Wildman–Crippen LogP) is 5.16. The molecule has 1 atom stereocenters. The molecule has 1 unspecified atom stereocenters. The minimum atomic E-state index is -0.699. The third kappa shape index (κ3) is 4.98. The number of anilines is 1. The number of hydrogen-bond acceptors (Lipinski definition) is 4. The van der Waals surface area contributed by atoms with Gasteiger partial charge < -0.3 is 19.8 Å². The summed E-state index contributed by atoms with van der Waals surface area (Å²) in [5.74, 6) is 0.651. The van der Waals surface area contributed by atoms with Gasteiger partial charge in [0.2, 0.25) is 0 Å². The zero-order valence-corrected chi connectivity index (χ0v) is 17.7. The summed E-state index contributed by atoms with van der Waals surface area (Å²) in [4.78, 5) is 25.6. The minimum absolute atomic E-state index is 0.261. The molecular weight excluding hydrogens is 404 g/mol. The molecule has 4 aromatic rings. The Morgan fingerprint density at radius 1 is 0.938 bits per heavy atom. The summed E-state index contributed by atoms with van der Waals surface area (Å²) in [6, 6.07) is 24.1. The first kappa shape index (κ1) is 21.2. The van der Waals surface area contributed by atoms with Gasteiger partial charge in [0, 0.05) is 0 Å². The van der Waals surface area contributed by atoms with Gasteiger partial charge in [0.05, 0.1) is 24.1 Å². The summed E-state index contributed by atoms with van der Waals surface area (Å²) in [6.45, 7) is 2.14. The molecular formula is C26H24N2O4. The highest BCUT2D eigenvalue weighted by molar-refractivity contribution is 6.04. The number of carbonyl (C=O) groups excluding carboxylic acids is 2. The van der Waals surface area contributed by atoms with Crippen LogP contribution in [-0.2, 0) is 11.3 Å². The Balaban J connectivity index is 1.45. The van der Waals surface area contributed by atoms with E-state index < -0.39 is 6.10 Å². The van der Waals surface area contributed by atoms with Crippen LogP contribution in [0.2, 0.25) is 0 Å². The number of nitrogens with one attached hydrogen (secondary N) is 2. The third-order valence-electron chi connectivity index (χ3n) is 5.10. The lowest BCUT2D eigenvalue weighted by atomic mass is 10.1. The quantitative estimate of drug-likeness (QED) is 0.406. The van der Waals surface area contributed by atoms with E-state index >= 15 is 0 Å². The van der Waals surface area contributed by atoms with Crippen LogP contribution in [0.1, 0.15) is 29.5 Å². The van der Waals surface area contributed by atoms with Crippen molar-refractivity contribution >= 4 is 28.3 Å². The van der Waals surface area contributed by atoms with Crippen LogP contribution in [0.25, 0.3) is 10.8 Å². The molecule has 0 fully saturated rings. The molecule has 0 spiro atoms. The lowest BCUT2D eigenvalue weighted by Crippen LogP contribution is -2.33. The van der Waals surface area contributed by atoms with Crippen LogP contribution in [0, 0.1) is 0 Å². The topological polar surface area (TPSA) is 80.6 Å². The van der Waals surface area contributed by atoms with Gasteiger partial charge in [0.15, 0.2) is 6.10 Å². The molecule has 4 rings (SSSR count). The molecule has 2 N–H and O–H groups in total. The van der Waals surface area contributed by atoms with E-state index in [0.29, 0.717) is 29.2 Å². The van der Waals surface area contributed by atoms with Gasteiger partial charge in [-0.05, 0) is 53.6 Å². The molecule has 0 radical (unpaired) electrons. The predicted molar refractivity (Wildman–Crippen MR) is 124 cm³/mol. The summed E-state index contributed by atoms with van der Waals surface area (Å²) in [5, 5.41) is 7.79. The molecule has 2 amide bonds. The maximum absolute atomic E-state index is 12.9. The third-order valence-corrected chi connectivity index (χ3v) is 5.10. The highest BCUT2D eigenvalue weighted by atomic mass is 16.5. The van der Waals surface area contributed by atoms with E-state index in [1.807, 2.05) is 49.4 Å². The van der Waals surface area contributed by atoms with Crippen LogP contribution >= 0.6 is 0 Å². The SMILES string of the molecule is CCC(Oc1ccc2ccccc2c1)C(=O)Nc1ccccc1C(=O)NCc1ccco1. The zero-order chi connectivity index (χ0) is 22.3. The summed E-state index contributed by atoms with van der Waals surface area (Å²) in [7, 11) is 0. The number of ether oxygens (including phenoxy) is 1. The Bertz CT molecular complexity index is 1220. The van der Waals surface area contributed by atoms with Crippen LogP contribution in [0.4, 0.5) is 5.69 Å². The Labute approximate surface area is 186 Å². The van der Waals surface area contributed by atoms with E-state index in [9.17, 15) is 9.59 Å². The fraction of sp³-hybridized carbons (Fsp3) is 0.154. The Morgan fingerprint density at radius 3 is 2.50 bits per heavy atom. The van der Waals surface area contributed by atoms with Crippen molar-refractivity contribution in [2.24, 2.45) is 0 Å². The molecule has 0 saturated carbocycles. The van der Waals surface area contributed by atoms with E-state index in [-0.39, 0.29) is 18.4 Å². The molecule has 0 aliphatic rings. The molecule has 0 aliphatic carbocycles. The van der Waals surface area contributed by atoms with Crippen molar-refractivity contribution in [3.63, 3.8) is 0 Å². The standard InChI is InChI=1S/C26H24N2O4/c1-2-24(32-20-14-13-18-8-3-4-9-19(18)16-20)26(30)28-23-12-6-5-11-22(23)25(29)27-17-21-10-7-15-31-21/h3-16,24H,2,17H2,1H3,(H,27,29)(H,28,30). The van der Waals surface area contributed by atoms with Crippen LogP contribution in [-0.4, -0.2) is 17.9 Å². The lowest BCUT2D eigenvalue weighted by Gasteiger charge is -2.19. The molecule has 6 nitrogen and oxygen atoms in total. The van der Waals surface area contributed by atoms with E-state index in [0.717, 1.165) is 10.8 Å². The van der Waals surface area contributed by atoms with Crippen molar-refractivity contribution in [2.75, 3.05) is 5.32 Å². The summed E-state index contributed by atoms with van der Waals surface area (Å²) >= 11 is 0. The van der Waals surface area contributed by atoms with E-state index in [4.69, 9.17) is 9.15 Å². The average Bonchev–Trinajstić information content (AvgIpc) is 3.35. The molecule has 3 aromatic carbocycles. The molecule has 0 bridgehead atoms. The number of fused-ring (bicyclic) bond motifs is 1.